The minimum absolute atomic E-state index is 0.000793. The van der Waals surface area contributed by atoms with Gasteiger partial charge in [0.15, 0.2) is 8.32 Å². The Hall–Kier alpha value is -1.94. The van der Waals surface area contributed by atoms with Crippen LogP contribution < -0.4 is 5.32 Å². The highest BCUT2D eigenvalue weighted by atomic mass is 28.4. The van der Waals surface area contributed by atoms with Gasteiger partial charge in [-0.25, -0.2) is 0 Å². The summed E-state index contributed by atoms with van der Waals surface area (Å²) in [6.07, 6.45) is -5.00. The number of rotatable bonds is 7. The van der Waals surface area contributed by atoms with Crippen molar-refractivity contribution in [2.24, 2.45) is 0 Å². The molecule has 0 radical (unpaired) electrons. The first kappa shape index (κ1) is 24.1. The van der Waals surface area contributed by atoms with Gasteiger partial charge in [-0.2, -0.15) is 13.2 Å². The van der Waals surface area contributed by atoms with E-state index in [1.54, 1.807) is 12.2 Å². The van der Waals surface area contributed by atoms with E-state index in [2.05, 4.69) is 33.9 Å². The molecule has 158 valence electrons. The summed E-state index contributed by atoms with van der Waals surface area (Å²) in [5.41, 5.74) is 0.449. The lowest BCUT2D eigenvalue weighted by Crippen LogP contribution is -2.41. The normalized spacial score (nSPS) is 13.9. The average molecular weight is 421 g/mol. The van der Waals surface area contributed by atoms with Crippen LogP contribution in [-0.2, 0) is 15.8 Å². The van der Waals surface area contributed by atoms with E-state index in [4.69, 9.17) is 4.43 Å². The molecule has 1 N–H and O–H groups in total. The van der Waals surface area contributed by atoms with E-state index in [1.807, 2.05) is 0 Å². The van der Waals surface area contributed by atoms with Gasteiger partial charge in [-0.1, -0.05) is 39.8 Å². The van der Waals surface area contributed by atoms with E-state index >= 15 is 0 Å². The van der Waals surface area contributed by atoms with Crippen molar-refractivity contribution in [1.29, 1.82) is 0 Å². The third-order valence-electron chi connectivity index (χ3n) is 5.03. The number of nitrogens with zero attached hydrogens (tertiary/aromatic N) is 1. The lowest BCUT2D eigenvalue weighted by molar-refractivity contribution is -0.385. The van der Waals surface area contributed by atoms with Gasteiger partial charge in [0, 0.05) is 30.7 Å². The molecule has 0 heterocycles. The second-order valence-corrected chi connectivity index (χ2v) is 13.1. The number of nitro groups is 1. The summed E-state index contributed by atoms with van der Waals surface area (Å²) in [6.45, 7) is 12.1. The number of hydrogen-bond acceptors (Lipinski definition) is 4. The van der Waals surface area contributed by atoms with Crippen molar-refractivity contribution in [3.05, 3.63) is 39.4 Å². The summed E-state index contributed by atoms with van der Waals surface area (Å²) in [6, 6.07) is 4.17. The van der Waals surface area contributed by atoms with Crippen molar-refractivity contribution in [3.8, 4) is 0 Å². The number of carbonyl (C=O) groups excluding carboxylic acids is 1. The first-order valence-electron chi connectivity index (χ1n) is 8.82. The molecule has 1 atom stereocenters. The fraction of sp³-hybridized carbons (Fsp3) is 0.611. The van der Waals surface area contributed by atoms with Gasteiger partial charge in [0.05, 0.1) is 4.92 Å². The maximum Gasteiger partial charge on any atom is 0.471 e. The molecule has 0 bridgehead atoms. The van der Waals surface area contributed by atoms with Crippen LogP contribution in [0.25, 0.3) is 0 Å². The van der Waals surface area contributed by atoms with Crippen molar-refractivity contribution in [2.45, 2.75) is 64.5 Å². The first-order chi connectivity index (χ1) is 12.6. The van der Waals surface area contributed by atoms with E-state index < -0.39 is 31.9 Å². The molecule has 0 fully saturated rings. The second kappa shape index (κ2) is 8.60. The van der Waals surface area contributed by atoms with E-state index in [1.165, 1.54) is 18.2 Å². The highest BCUT2D eigenvalue weighted by Crippen LogP contribution is 2.38. The Morgan fingerprint density at radius 2 is 1.86 bits per heavy atom. The van der Waals surface area contributed by atoms with Crippen molar-refractivity contribution in [3.63, 3.8) is 0 Å². The summed E-state index contributed by atoms with van der Waals surface area (Å²) in [4.78, 5) is 21.8. The molecular weight excluding hydrogens is 393 g/mol. The largest absolute Gasteiger partial charge is 0.471 e. The Balaban J connectivity index is 2.95. The quantitative estimate of drug-likeness (QED) is 0.386. The Bertz CT molecular complexity index is 731. The number of amides is 1. The monoisotopic (exact) mass is 420 g/mol. The molecule has 0 saturated carbocycles. The predicted octanol–water partition coefficient (Wildman–Crippen LogP) is 4.90. The average Bonchev–Trinajstić information content (AvgIpc) is 2.55. The van der Waals surface area contributed by atoms with Crippen molar-refractivity contribution >= 4 is 19.9 Å². The first-order valence-corrected chi connectivity index (χ1v) is 11.7. The van der Waals surface area contributed by atoms with Gasteiger partial charge in [0.25, 0.3) is 5.69 Å². The molecule has 0 aliphatic rings. The summed E-state index contributed by atoms with van der Waals surface area (Å²) in [7, 11) is -2.02. The van der Waals surface area contributed by atoms with Crippen LogP contribution in [0, 0.1) is 10.1 Å². The predicted molar refractivity (Wildman–Crippen MR) is 103 cm³/mol. The minimum atomic E-state index is -5.00. The summed E-state index contributed by atoms with van der Waals surface area (Å²) < 4.78 is 42.9. The third-order valence-corrected chi connectivity index (χ3v) is 9.53. The molecule has 1 aromatic carbocycles. The number of benzene rings is 1. The van der Waals surface area contributed by atoms with Gasteiger partial charge in [0.1, 0.15) is 0 Å². The third kappa shape index (κ3) is 6.30. The molecular formula is C18H27F3N2O4Si. The number of halogens is 3. The van der Waals surface area contributed by atoms with E-state index in [0.29, 0.717) is 12.2 Å². The Morgan fingerprint density at radius 1 is 1.29 bits per heavy atom. The molecule has 0 saturated heterocycles. The fourth-order valence-corrected chi connectivity index (χ4v) is 3.30. The van der Waals surface area contributed by atoms with E-state index in [0.717, 1.165) is 0 Å². The van der Waals surface area contributed by atoms with Gasteiger partial charge in [-0.05, 0) is 23.7 Å². The molecule has 1 amide bonds. The number of nitrogens with one attached hydrogen (secondary N) is 1. The molecule has 0 spiro atoms. The second-order valence-electron chi connectivity index (χ2n) is 8.30. The zero-order valence-electron chi connectivity index (χ0n) is 16.9. The van der Waals surface area contributed by atoms with Crippen molar-refractivity contribution in [2.75, 3.05) is 6.61 Å². The van der Waals surface area contributed by atoms with Crippen LogP contribution in [0.5, 0.6) is 0 Å². The van der Waals surface area contributed by atoms with E-state index in [9.17, 15) is 28.1 Å². The Kier molecular flexibility index (Phi) is 7.40. The fourth-order valence-electron chi connectivity index (χ4n) is 2.20. The van der Waals surface area contributed by atoms with Crippen LogP contribution in [0.4, 0.5) is 18.9 Å². The zero-order chi connectivity index (χ0) is 21.9. The lowest BCUT2D eigenvalue weighted by Gasteiger charge is -2.37. The van der Waals surface area contributed by atoms with Crippen LogP contribution in [0.15, 0.2) is 18.2 Å². The maximum atomic E-state index is 12.3. The Labute approximate surface area is 163 Å². The number of nitro benzene ring substituents is 1. The molecule has 6 nitrogen and oxygen atoms in total. The number of alkyl halides is 3. The number of hydrogen-bond donors (Lipinski definition) is 1. The summed E-state index contributed by atoms with van der Waals surface area (Å²) in [5.74, 6) is -2.36. The number of carbonyl (C=O) groups is 1. The van der Waals surface area contributed by atoms with E-state index in [-0.39, 0.29) is 22.2 Å². The SMILES string of the molecule is CC(CO[Si](C)(C)C(C)(C)C)c1ccc(CNC(=O)C(F)(F)F)cc1[N+](=O)[O-]. The van der Waals surface area contributed by atoms with Crippen molar-refractivity contribution < 1.29 is 27.3 Å². The summed E-state index contributed by atoms with van der Waals surface area (Å²) in [5, 5.41) is 13.2. The molecule has 0 aromatic heterocycles. The Morgan fingerprint density at radius 3 is 2.32 bits per heavy atom. The smallest absolute Gasteiger partial charge is 0.416 e. The molecule has 1 rings (SSSR count). The van der Waals surface area contributed by atoms with Gasteiger partial charge >= 0.3 is 12.1 Å². The van der Waals surface area contributed by atoms with Crippen LogP contribution >= 0.6 is 0 Å². The van der Waals surface area contributed by atoms with Crippen LogP contribution in [-0.4, -0.2) is 31.9 Å². The van der Waals surface area contributed by atoms with Gasteiger partial charge in [0.2, 0.25) is 0 Å². The molecule has 10 heteroatoms. The maximum absolute atomic E-state index is 12.3. The lowest BCUT2D eigenvalue weighted by atomic mass is 9.98. The summed E-state index contributed by atoms with van der Waals surface area (Å²) >= 11 is 0. The van der Waals surface area contributed by atoms with Crippen LogP contribution in [0.3, 0.4) is 0 Å². The molecule has 1 aromatic rings. The molecule has 28 heavy (non-hydrogen) atoms. The van der Waals surface area contributed by atoms with Crippen LogP contribution in [0.1, 0.15) is 44.7 Å². The zero-order valence-corrected chi connectivity index (χ0v) is 17.9. The van der Waals surface area contributed by atoms with Gasteiger partial charge in [-0.15, -0.1) is 0 Å². The highest BCUT2D eigenvalue weighted by Gasteiger charge is 2.39. The molecule has 1 unspecified atom stereocenters. The van der Waals surface area contributed by atoms with Crippen molar-refractivity contribution in [1.82, 2.24) is 5.32 Å². The molecule has 0 aliphatic heterocycles. The highest BCUT2D eigenvalue weighted by molar-refractivity contribution is 6.74. The van der Waals surface area contributed by atoms with Gasteiger partial charge in [-0.3, -0.25) is 14.9 Å². The standard InChI is InChI=1S/C18H27F3N2O4Si/c1-12(11-27-28(5,6)17(2,3)4)14-8-7-13(9-15(14)23(25)26)10-22-16(24)18(19,20)21/h7-9,12H,10-11H2,1-6H3,(H,22,24). The van der Waals surface area contributed by atoms with Crippen LogP contribution in [0.2, 0.25) is 18.1 Å². The molecule has 0 aliphatic carbocycles. The van der Waals surface area contributed by atoms with Gasteiger partial charge < -0.3 is 9.74 Å². The topological polar surface area (TPSA) is 81.5 Å². The minimum Gasteiger partial charge on any atom is -0.416 e.